The molecule has 1 fully saturated rings. The van der Waals surface area contributed by atoms with Crippen molar-refractivity contribution in [2.75, 3.05) is 31.6 Å². The van der Waals surface area contributed by atoms with E-state index in [1.54, 1.807) is 11.0 Å². The molecule has 0 atom stereocenters. The van der Waals surface area contributed by atoms with Gasteiger partial charge in [0.25, 0.3) is 5.91 Å². The summed E-state index contributed by atoms with van der Waals surface area (Å²) in [6, 6.07) is 7.30. The second kappa shape index (κ2) is 6.93. The fraction of sp³-hybridized carbons (Fsp3) is 0.312. The number of aryl methyl sites for hydroxylation is 1. The fourth-order valence-electron chi connectivity index (χ4n) is 2.29. The topological polar surface area (TPSA) is 67.4 Å². The predicted octanol–water partition coefficient (Wildman–Crippen LogP) is 2.65. The van der Waals surface area contributed by atoms with Crippen LogP contribution in [0, 0.1) is 6.92 Å². The number of anilines is 2. The number of nitrogens with zero attached hydrogens (tertiary/aromatic N) is 3. The molecule has 0 saturated carbocycles. The zero-order valence-electron chi connectivity index (χ0n) is 12.8. The van der Waals surface area contributed by atoms with E-state index in [-0.39, 0.29) is 5.91 Å². The minimum atomic E-state index is -0.110. The number of rotatable bonds is 3. The highest BCUT2D eigenvalue weighted by atomic mass is 35.5. The van der Waals surface area contributed by atoms with Gasteiger partial charge in [-0.15, -0.1) is 0 Å². The van der Waals surface area contributed by atoms with Gasteiger partial charge in [0.15, 0.2) is 0 Å². The third kappa shape index (κ3) is 3.78. The molecule has 1 N–H and O–H groups in total. The van der Waals surface area contributed by atoms with E-state index in [0.29, 0.717) is 42.8 Å². The number of ether oxygens (including phenoxy) is 1. The van der Waals surface area contributed by atoms with Crippen LogP contribution in [0.2, 0.25) is 5.02 Å². The Kier molecular flexibility index (Phi) is 4.73. The number of halogens is 1. The molecule has 0 spiro atoms. The Morgan fingerprint density at radius 1 is 1.26 bits per heavy atom. The molecule has 120 valence electrons. The average molecular weight is 333 g/mol. The minimum absolute atomic E-state index is 0.110. The van der Waals surface area contributed by atoms with Crippen molar-refractivity contribution >= 4 is 29.0 Å². The molecule has 2 heterocycles. The van der Waals surface area contributed by atoms with Crippen molar-refractivity contribution in [3.05, 3.63) is 46.9 Å². The summed E-state index contributed by atoms with van der Waals surface area (Å²) in [7, 11) is 0. The quantitative estimate of drug-likeness (QED) is 0.936. The molecule has 0 unspecified atom stereocenters. The molecule has 0 bridgehead atoms. The summed E-state index contributed by atoms with van der Waals surface area (Å²) in [5.41, 5.74) is 2.18. The number of nitrogens with one attached hydrogen (secondary N) is 1. The van der Waals surface area contributed by atoms with E-state index in [9.17, 15) is 4.79 Å². The first-order valence-electron chi connectivity index (χ1n) is 7.36. The van der Waals surface area contributed by atoms with Crippen molar-refractivity contribution < 1.29 is 9.53 Å². The van der Waals surface area contributed by atoms with Crippen molar-refractivity contribution in [1.82, 2.24) is 14.9 Å². The standard InChI is InChI=1S/C16H17ClN4O2/c1-11-2-3-12(8-13(11)17)20-15-9-14(18-10-19-15)16(22)21-4-6-23-7-5-21/h2-3,8-10H,4-7H2,1H3,(H,18,19,20). The van der Waals surface area contributed by atoms with Gasteiger partial charge in [0.2, 0.25) is 0 Å². The Labute approximate surface area is 139 Å². The Balaban J connectivity index is 1.76. The molecular weight excluding hydrogens is 316 g/mol. The summed E-state index contributed by atoms with van der Waals surface area (Å²) in [5, 5.41) is 3.81. The number of benzene rings is 1. The number of aromatic nitrogens is 2. The summed E-state index contributed by atoms with van der Waals surface area (Å²) in [6.07, 6.45) is 1.38. The van der Waals surface area contributed by atoms with E-state index in [1.807, 2.05) is 25.1 Å². The van der Waals surface area contributed by atoms with Gasteiger partial charge in [-0.1, -0.05) is 17.7 Å². The number of carbonyl (C=O) groups is 1. The fourth-order valence-corrected chi connectivity index (χ4v) is 2.47. The first kappa shape index (κ1) is 15.7. The highest BCUT2D eigenvalue weighted by Crippen LogP contribution is 2.22. The molecule has 2 aromatic rings. The first-order chi connectivity index (χ1) is 11.1. The van der Waals surface area contributed by atoms with Crippen molar-refractivity contribution in [1.29, 1.82) is 0 Å². The van der Waals surface area contributed by atoms with Crippen LogP contribution in [0.5, 0.6) is 0 Å². The number of hydrogen-bond acceptors (Lipinski definition) is 5. The SMILES string of the molecule is Cc1ccc(Nc2cc(C(=O)N3CCOCC3)ncn2)cc1Cl. The molecule has 1 aromatic heterocycles. The second-order valence-electron chi connectivity index (χ2n) is 5.28. The van der Waals surface area contributed by atoms with Crippen LogP contribution in [-0.2, 0) is 4.74 Å². The van der Waals surface area contributed by atoms with Gasteiger partial charge in [0.05, 0.1) is 13.2 Å². The lowest BCUT2D eigenvalue weighted by molar-refractivity contribution is 0.0299. The summed E-state index contributed by atoms with van der Waals surface area (Å²) < 4.78 is 5.26. The lowest BCUT2D eigenvalue weighted by Crippen LogP contribution is -2.41. The van der Waals surface area contributed by atoms with Gasteiger partial charge in [0, 0.05) is 29.9 Å². The van der Waals surface area contributed by atoms with Gasteiger partial charge >= 0.3 is 0 Å². The normalized spacial score (nSPS) is 14.6. The van der Waals surface area contributed by atoms with E-state index in [2.05, 4.69) is 15.3 Å². The molecular formula is C16H17ClN4O2. The molecule has 1 aliphatic rings. The maximum absolute atomic E-state index is 12.4. The third-order valence-electron chi connectivity index (χ3n) is 3.63. The minimum Gasteiger partial charge on any atom is -0.378 e. The van der Waals surface area contributed by atoms with Crippen molar-refractivity contribution in [2.45, 2.75) is 6.92 Å². The average Bonchev–Trinajstić information content (AvgIpc) is 2.58. The maximum Gasteiger partial charge on any atom is 0.272 e. The molecule has 0 aliphatic carbocycles. The van der Waals surface area contributed by atoms with Crippen LogP contribution < -0.4 is 5.32 Å². The number of hydrogen-bond donors (Lipinski definition) is 1. The summed E-state index contributed by atoms with van der Waals surface area (Å²) in [6.45, 7) is 4.22. The van der Waals surface area contributed by atoms with Gasteiger partial charge in [-0.05, 0) is 24.6 Å². The van der Waals surface area contributed by atoms with Crippen LogP contribution in [0.4, 0.5) is 11.5 Å². The highest BCUT2D eigenvalue weighted by molar-refractivity contribution is 6.31. The van der Waals surface area contributed by atoms with Crippen LogP contribution >= 0.6 is 11.6 Å². The maximum atomic E-state index is 12.4. The molecule has 1 aliphatic heterocycles. The van der Waals surface area contributed by atoms with Crippen LogP contribution in [0.1, 0.15) is 16.1 Å². The molecule has 0 radical (unpaired) electrons. The van der Waals surface area contributed by atoms with Gasteiger partial charge in [-0.25, -0.2) is 9.97 Å². The van der Waals surface area contributed by atoms with Crippen molar-refractivity contribution in [3.8, 4) is 0 Å². The zero-order chi connectivity index (χ0) is 16.2. The van der Waals surface area contributed by atoms with Gasteiger partial charge in [0.1, 0.15) is 17.8 Å². The van der Waals surface area contributed by atoms with Crippen LogP contribution in [-0.4, -0.2) is 47.1 Å². The lowest BCUT2D eigenvalue weighted by atomic mass is 10.2. The van der Waals surface area contributed by atoms with E-state index in [0.717, 1.165) is 11.3 Å². The number of morpholine rings is 1. The Morgan fingerprint density at radius 2 is 2.04 bits per heavy atom. The summed E-state index contributed by atoms with van der Waals surface area (Å²) >= 11 is 6.12. The monoisotopic (exact) mass is 332 g/mol. The molecule has 1 saturated heterocycles. The number of amides is 1. The van der Waals surface area contributed by atoms with Crippen LogP contribution in [0.3, 0.4) is 0 Å². The highest BCUT2D eigenvalue weighted by Gasteiger charge is 2.20. The lowest BCUT2D eigenvalue weighted by Gasteiger charge is -2.26. The van der Waals surface area contributed by atoms with Gasteiger partial charge in [-0.3, -0.25) is 4.79 Å². The van der Waals surface area contributed by atoms with Crippen LogP contribution in [0.15, 0.2) is 30.6 Å². The first-order valence-corrected chi connectivity index (χ1v) is 7.73. The molecule has 7 heteroatoms. The third-order valence-corrected chi connectivity index (χ3v) is 4.04. The van der Waals surface area contributed by atoms with Crippen molar-refractivity contribution in [3.63, 3.8) is 0 Å². The van der Waals surface area contributed by atoms with Gasteiger partial charge < -0.3 is 15.0 Å². The van der Waals surface area contributed by atoms with E-state index in [4.69, 9.17) is 16.3 Å². The second-order valence-corrected chi connectivity index (χ2v) is 5.69. The van der Waals surface area contributed by atoms with E-state index < -0.39 is 0 Å². The molecule has 6 nitrogen and oxygen atoms in total. The smallest absolute Gasteiger partial charge is 0.272 e. The molecule has 1 amide bonds. The Hall–Kier alpha value is -2.18. The summed E-state index contributed by atoms with van der Waals surface area (Å²) in [4.78, 5) is 22.4. The van der Waals surface area contributed by atoms with Crippen molar-refractivity contribution in [2.24, 2.45) is 0 Å². The number of carbonyl (C=O) groups excluding carboxylic acids is 1. The molecule has 1 aromatic carbocycles. The Bertz CT molecular complexity index is 717. The molecule has 3 rings (SSSR count). The largest absolute Gasteiger partial charge is 0.378 e. The van der Waals surface area contributed by atoms with Crippen LogP contribution in [0.25, 0.3) is 0 Å². The van der Waals surface area contributed by atoms with E-state index in [1.165, 1.54) is 6.33 Å². The van der Waals surface area contributed by atoms with Gasteiger partial charge in [-0.2, -0.15) is 0 Å². The zero-order valence-corrected chi connectivity index (χ0v) is 13.5. The van der Waals surface area contributed by atoms with E-state index >= 15 is 0 Å². The molecule has 23 heavy (non-hydrogen) atoms. The summed E-state index contributed by atoms with van der Waals surface area (Å²) in [5.74, 6) is 0.442. The predicted molar refractivity (Wildman–Crippen MR) is 88.2 cm³/mol. The Morgan fingerprint density at radius 3 is 2.78 bits per heavy atom.